The van der Waals surface area contributed by atoms with Gasteiger partial charge in [-0.2, -0.15) is 0 Å². The summed E-state index contributed by atoms with van der Waals surface area (Å²) in [6.07, 6.45) is 2.94. The van der Waals surface area contributed by atoms with Crippen molar-refractivity contribution in [1.82, 2.24) is 15.0 Å². The van der Waals surface area contributed by atoms with E-state index in [1.54, 1.807) is 17.4 Å². The molecule has 3 aromatic rings. The largest absolute Gasteiger partial charge is 0.279 e. The van der Waals surface area contributed by atoms with E-state index >= 15 is 0 Å². The van der Waals surface area contributed by atoms with Crippen LogP contribution in [-0.4, -0.2) is 15.0 Å². The second kappa shape index (κ2) is 5.93. The fraction of sp³-hybridized carbons (Fsp3) is 0.353. The van der Waals surface area contributed by atoms with Crippen LogP contribution in [0.5, 0.6) is 0 Å². The molecule has 0 spiro atoms. The summed E-state index contributed by atoms with van der Waals surface area (Å²) in [5.74, 6) is 0.176. The number of fused-ring (bicyclic) bond motifs is 3. The van der Waals surface area contributed by atoms with E-state index in [1.807, 2.05) is 0 Å². The number of thiophene rings is 1. The maximum absolute atomic E-state index is 14.0. The van der Waals surface area contributed by atoms with Crippen LogP contribution in [0.1, 0.15) is 29.3 Å². The van der Waals surface area contributed by atoms with E-state index in [2.05, 4.69) is 17.2 Å². The van der Waals surface area contributed by atoms with Crippen LogP contribution in [0.15, 0.2) is 23.0 Å². The SMILES string of the molecule is CC1CCc2c(sc3nnn(Cc4c(F)cccc4Cl)c(=O)c23)C1. The molecule has 0 N–H and O–H groups in total. The molecule has 4 rings (SSSR count). The number of hydrogen-bond donors (Lipinski definition) is 0. The number of hydrogen-bond acceptors (Lipinski definition) is 4. The fourth-order valence-corrected chi connectivity index (χ4v) is 4.77. The molecule has 0 aliphatic heterocycles. The van der Waals surface area contributed by atoms with Gasteiger partial charge >= 0.3 is 0 Å². The predicted octanol–water partition coefficient (Wildman–Crippen LogP) is 3.82. The van der Waals surface area contributed by atoms with Gasteiger partial charge in [0, 0.05) is 15.5 Å². The van der Waals surface area contributed by atoms with Crippen molar-refractivity contribution in [1.29, 1.82) is 0 Å². The number of benzene rings is 1. The summed E-state index contributed by atoms with van der Waals surface area (Å²) >= 11 is 7.61. The van der Waals surface area contributed by atoms with Crippen LogP contribution in [0.2, 0.25) is 5.02 Å². The minimum Gasteiger partial charge on any atom is -0.267 e. The molecule has 24 heavy (non-hydrogen) atoms. The first-order chi connectivity index (χ1) is 11.5. The van der Waals surface area contributed by atoms with E-state index in [1.165, 1.54) is 21.7 Å². The molecule has 0 fully saturated rings. The van der Waals surface area contributed by atoms with Crippen LogP contribution >= 0.6 is 22.9 Å². The summed E-state index contributed by atoms with van der Waals surface area (Å²) in [6.45, 7) is 2.20. The molecule has 1 aromatic carbocycles. The molecule has 124 valence electrons. The van der Waals surface area contributed by atoms with E-state index in [0.29, 0.717) is 16.1 Å². The highest BCUT2D eigenvalue weighted by Gasteiger charge is 2.24. The monoisotopic (exact) mass is 363 g/mol. The molecule has 1 aliphatic carbocycles. The van der Waals surface area contributed by atoms with E-state index < -0.39 is 5.82 Å². The zero-order valence-electron chi connectivity index (χ0n) is 13.1. The molecule has 1 unspecified atom stereocenters. The van der Waals surface area contributed by atoms with Gasteiger partial charge in [-0.05, 0) is 42.9 Å². The molecule has 0 saturated heterocycles. The Hall–Kier alpha value is -1.79. The van der Waals surface area contributed by atoms with Crippen LogP contribution in [0.4, 0.5) is 4.39 Å². The first-order valence-corrected chi connectivity index (χ1v) is 9.05. The number of halogens is 2. The van der Waals surface area contributed by atoms with Crippen LogP contribution in [0, 0.1) is 11.7 Å². The van der Waals surface area contributed by atoms with Crippen molar-refractivity contribution in [3.8, 4) is 0 Å². The number of rotatable bonds is 2. The molecule has 0 bridgehead atoms. The lowest BCUT2D eigenvalue weighted by atomic mass is 9.89. The lowest BCUT2D eigenvalue weighted by Crippen LogP contribution is -2.25. The molecule has 2 aromatic heterocycles. The molecule has 0 radical (unpaired) electrons. The maximum Gasteiger partial charge on any atom is 0.279 e. The highest BCUT2D eigenvalue weighted by Crippen LogP contribution is 2.35. The summed E-state index contributed by atoms with van der Waals surface area (Å²) in [6, 6.07) is 4.46. The van der Waals surface area contributed by atoms with Gasteiger partial charge < -0.3 is 0 Å². The standard InChI is InChI=1S/C17H15ClFN3OS/c1-9-5-6-10-14(7-9)24-16-15(10)17(23)22(21-20-16)8-11-12(18)3-2-4-13(11)19/h2-4,9H,5-8H2,1H3. The molecule has 0 amide bonds. The van der Waals surface area contributed by atoms with Gasteiger partial charge in [0.2, 0.25) is 0 Å². The average Bonchev–Trinajstić information content (AvgIpc) is 2.91. The van der Waals surface area contributed by atoms with Crippen molar-refractivity contribution in [2.24, 2.45) is 5.92 Å². The second-order valence-electron chi connectivity index (χ2n) is 6.28. The van der Waals surface area contributed by atoms with E-state index in [4.69, 9.17) is 11.6 Å². The third kappa shape index (κ3) is 2.54. The smallest absolute Gasteiger partial charge is 0.267 e. The zero-order chi connectivity index (χ0) is 16.8. The Bertz CT molecular complexity index is 977. The highest BCUT2D eigenvalue weighted by atomic mass is 35.5. The minimum absolute atomic E-state index is 0.0195. The molecule has 2 heterocycles. The molecular weight excluding hydrogens is 349 g/mol. The minimum atomic E-state index is -0.447. The summed E-state index contributed by atoms with van der Waals surface area (Å²) in [7, 11) is 0. The van der Waals surface area contributed by atoms with Gasteiger partial charge in [-0.3, -0.25) is 4.79 Å². The maximum atomic E-state index is 14.0. The summed E-state index contributed by atoms with van der Waals surface area (Å²) in [5.41, 5.74) is 1.14. The Morgan fingerprint density at radius 2 is 2.29 bits per heavy atom. The van der Waals surface area contributed by atoms with Crippen LogP contribution < -0.4 is 5.56 Å². The first-order valence-electron chi connectivity index (χ1n) is 7.85. The van der Waals surface area contributed by atoms with Crippen molar-refractivity contribution in [3.05, 3.63) is 55.4 Å². The normalized spacial score (nSPS) is 17.2. The number of nitrogens with zero attached hydrogens (tertiary/aromatic N) is 3. The fourth-order valence-electron chi connectivity index (χ4n) is 3.23. The van der Waals surface area contributed by atoms with Crippen molar-refractivity contribution < 1.29 is 4.39 Å². The number of aromatic nitrogens is 3. The molecule has 4 nitrogen and oxygen atoms in total. The van der Waals surface area contributed by atoms with Crippen LogP contribution in [-0.2, 0) is 19.4 Å². The van der Waals surface area contributed by atoms with Gasteiger partial charge in [-0.1, -0.05) is 29.8 Å². The molecule has 1 atom stereocenters. The summed E-state index contributed by atoms with van der Waals surface area (Å²) < 4.78 is 15.2. The van der Waals surface area contributed by atoms with Gasteiger partial charge in [0.1, 0.15) is 5.82 Å². The summed E-state index contributed by atoms with van der Waals surface area (Å²) in [4.78, 5) is 14.8. The molecule has 1 aliphatic rings. The second-order valence-corrected chi connectivity index (χ2v) is 7.78. The van der Waals surface area contributed by atoms with Crippen LogP contribution in [0.3, 0.4) is 0 Å². The highest BCUT2D eigenvalue weighted by molar-refractivity contribution is 7.18. The van der Waals surface area contributed by atoms with Gasteiger partial charge in [0.15, 0.2) is 4.83 Å². The van der Waals surface area contributed by atoms with Gasteiger partial charge in [0.05, 0.1) is 11.9 Å². The average molecular weight is 364 g/mol. The molecule has 7 heteroatoms. The van der Waals surface area contributed by atoms with Crippen molar-refractivity contribution in [2.45, 2.75) is 32.7 Å². The van der Waals surface area contributed by atoms with E-state index in [9.17, 15) is 9.18 Å². The Balaban J connectivity index is 1.83. The number of aryl methyl sites for hydroxylation is 1. The first kappa shape index (κ1) is 15.7. The van der Waals surface area contributed by atoms with Crippen molar-refractivity contribution >= 4 is 33.2 Å². The van der Waals surface area contributed by atoms with Gasteiger partial charge in [-0.15, -0.1) is 16.4 Å². The van der Waals surface area contributed by atoms with Crippen molar-refractivity contribution in [3.63, 3.8) is 0 Å². The van der Waals surface area contributed by atoms with Gasteiger partial charge in [0.25, 0.3) is 5.56 Å². The van der Waals surface area contributed by atoms with Crippen LogP contribution in [0.25, 0.3) is 10.2 Å². The third-order valence-corrected chi connectivity index (χ3v) is 6.05. The lowest BCUT2D eigenvalue weighted by molar-refractivity contribution is 0.508. The predicted molar refractivity (Wildman–Crippen MR) is 93.4 cm³/mol. The Morgan fingerprint density at radius 1 is 1.46 bits per heavy atom. The van der Waals surface area contributed by atoms with Gasteiger partial charge in [-0.25, -0.2) is 9.07 Å². The van der Waals surface area contributed by atoms with Crippen molar-refractivity contribution in [2.75, 3.05) is 0 Å². The zero-order valence-corrected chi connectivity index (χ0v) is 14.6. The van der Waals surface area contributed by atoms with E-state index in [-0.39, 0.29) is 22.7 Å². The topological polar surface area (TPSA) is 47.8 Å². The summed E-state index contributed by atoms with van der Waals surface area (Å²) in [5, 5.41) is 9.10. The molecule has 0 saturated carbocycles. The Morgan fingerprint density at radius 3 is 3.08 bits per heavy atom. The quantitative estimate of drug-likeness (QED) is 0.695. The Kier molecular flexibility index (Phi) is 3.89. The third-order valence-electron chi connectivity index (χ3n) is 4.55. The Labute approximate surface area is 146 Å². The molecular formula is C17H15ClFN3OS. The lowest BCUT2D eigenvalue weighted by Gasteiger charge is -2.17. The van der Waals surface area contributed by atoms with E-state index in [0.717, 1.165) is 24.8 Å².